The predicted molar refractivity (Wildman–Crippen MR) is 93.5 cm³/mol. The summed E-state index contributed by atoms with van der Waals surface area (Å²) in [6.07, 6.45) is 0. The van der Waals surface area contributed by atoms with Gasteiger partial charge in [0.1, 0.15) is 17.3 Å². The van der Waals surface area contributed by atoms with E-state index in [1.807, 2.05) is 6.92 Å². The second-order valence-corrected chi connectivity index (χ2v) is 5.75. The van der Waals surface area contributed by atoms with Crippen molar-refractivity contribution in [3.8, 4) is 39.9 Å². The van der Waals surface area contributed by atoms with Crippen LogP contribution in [0.1, 0.15) is 5.69 Å². The number of benzene rings is 2. The molecule has 2 aromatic heterocycles. The van der Waals surface area contributed by atoms with Crippen LogP contribution in [0.3, 0.4) is 0 Å². The number of H-pyrrole nitrogens is 1. The minimum absolute atomic E-state index is 0.206. The molecule has 0 radical (unpaired) electrons. The number of furan rings is 1. The zero-order chi connectivity index (χ0) is 17.4. The van der Waals surface area contributed by atoms with Crippen molar-refractivity contribution in [2.75, 3.05) is 0 Å². The third-order valence-corrected chi connectivity index (χ3v) is 4.00. The molecule has 4 nitrogen and oxygen atoms in total. The van der Waals surface area contributed by atoms with Gasteiger partial charge in [-0.05, 0) is 55.5 Å². The van der Waals surface area contributed by atoms with Crippen molar-refractivity contribution >= 4 is 0 Å². The van der Waals surface area contributed by atoms with Crippen LogP contribution < -0.4 is 0 Å². The lowest BCUT2D eigenvalue weighted by atomic mass is 10.1. The van der Waals surface area contributed by atoms with E-state index in [-0.39, 0.29) is 11.6 Å². The Bertz CT molecular complexity index is 1030. The van der Waals surface area contributed by atoms with E-state index in [9.17, 15) is 9.50 Å². The first-order chi connectivity index (χ1) is 12.1. The van der Waals surface area contributed by atoms with Gasteiger partial charge in [0.15, 0.2) is 11.6 Å². The Kier molecular flexibility index (Phi) is 3.61. The van der Waals surface area contributed by atoms with Crippen LogP contribution in [0, 0.1) is 12.7 Å². The van der Waals surface area contributed by atoms with Gasteiger partial charge in [-0.25, -0.2) is 9.37 Å². The molecule has 0 amide bonds. The molecule has 2 N–H and O–H groups in total. The van der Waals surface area contributed by atoms with Crippen LogP contribution >= 0.6 is 0 Å². The first kappa shape index (κ1) is 15.2. The van der Waals surface area contributed by atoms with Crippen LogP contribution in [0.5, 0.6) is 5.75 Å². The number of nitrogens with zero attached hydrogens (tertiary/aromatic N) is 1. The molecule has 0 spiro atoms. The highest BCUT2D eigenvalue weighted by Crippen LogP contribution is 2.31. The topological polar surface area (TPSA) is 62.0 Å². The minimum atomic E-state index is -0.330. The Morgan fingerprint density at radius 1 is 0.960 bits per heavy atom. The molecule has 25 heavy (non-hydrogen) atoms. The van der Waals surface area contributed by atoms with Crippen molar-refractivity contribution in [3.05, 3.63) is 72.2 Å². The number of aryl methyl sites for hydroxylation is 1. The number of hydrogen-bond donors (Lipinski definition) is 2. The highest BCUT2D eigenvalue weighted by atomic mass is 19.1. The Morgan fingerprint density at radius 2 is 1.68 bits per heavy atom. The van der Waals surface area contributed by atoms with Crippen molar-refractivity contribution in [3.63, 3.8) is 0 Å². The van der Waals surface area contributed by atoms with Crippen LogP contribution in [-0.4, -0.2) is 15.1 Å². The smallest absolute Gasteiger partial charge is 0.174 e. The molecular formula is C20H15FN2O2. The summed E-state index contributed by atoms with van der Waals surface area (Å²) in [5.41, 5.74) is 2.96. The Labute approximate surface area is 143 Å². The fourth-order valence-electron chi connectivity index (χ4n) is 2.75. The maximum absolute atomic E-state index is 13.9. The molecule has 4 aromatic rings. The van der Waals surface area contributed by atoms with E-state index in [1.165, 1.54) is 6.07 Å². The molecule has 0 bridgehead atoms. The lowest BCUT2D eigenvalue weighted by molar-refractivity contribution is 0.475. The lowest BCUT2D eigenvalue weighted by Gasteiger charge is -1.98. The van der Waals surface area contributed by atoms with Gasteiger partial charge in [0.25, 0.3) is 0 Å². The standard InChI is InChI=1S/C20H15FN2O2/c1-12-19(13-6-8-14(24)9-7-13)23-20(22-12)18-11-10-17(25-18)15-4-2-3-5-16(15)21/h2-11,24H,1H3,(H,22,23). The minimum Gasteiger partial charge on any atom is -0.508 e. The molecule has 124 valence electrons. The molecule has 0 aliphatic carbocycles. The number of aromatic nitrogens is 2. The number of nitrogens with one attached hydrogen (secondary N) is 1. The molecule has 0 unspecified atom stereocenters. The highest BCUT2D eigenvalue weighted by molar-refractivity contribution is 5.68. The molecule has 0 aliphatic heterocycles. The first-order valence-corrected chi connectivity index (χ1v) is 7.83. The van der Waals surface area contributed by atoms with Crippen LogP contribution in [0.15, 0.2) is 65.1 Å². The molecule has 5 heteroatoms. The van der Waals surface area contributed by atoms with E-state index in [0.29, 0.717) is 22.9 Å². The third-order valence-electron chi connectivity index (χ3n) is 4.00. The number of phenolic OH excluding ortho intramolecular Hbond substituents is 1. The highest BCUT2D eigenvalue weighted by Gasteiger charge is 2.15. The monoisotopic (exact) mass is 334 g/mol. The van der Waals surface area contributed by atoms with Crippen molar-refractivity contribution in [1.82, 2.24) is 9.97 Å². The third kappa shape index (κ3) is 2.80. The lowest BCUT2D eigenvalue weighted by Crippen LogP contribution is -1.81. The molecule has 0 saturated carbocycles. The van der Waals surface area contributed by atoms with Gasteiger partial charge in [0.05, 0.1) is 11.3 Å². The van der Waals surface area contributed by atoms with Crippen LogP contribution in [0.4, 0.5) is 4.39 Å². The van der Waals surface area contributed by atoms with Gasteiger partial charge in [-0.2, -0.15) is 0 Å². The van der Waals surface area contributed by atoms with E-state index < -0.39 is 0 Å². The van der Waals surface area contributed by atoms with E-state index in [1.54, 1.807) is 54.6 Å². The number of aromatic hydroxyl groups is 1. The fraction of sp³-hybridized carbons (Fsp3) is 0.0500. The summed E-state index contributed by atoms with van der Waals surface area (Å²) >= 11 is 0. The van der Waals surface area contributed by atoms with Gasteiger partial charge in [0, 0.05) is 11.3 Å². The van der Waals surface area contributed by atoms with Gasteiger partial charge in [-0.15, -0.1) is 0 Å². The summed E-state index contributed by atoms with van der Waals surface area (Å²) in [4.78, 5) is 7.78. The molecule has 4 rings (SSSR count). The van der Waals surface area contributed by atoms with E-state index >= 15 is 0 Å². The number of hydrogen-bond acceptors (Lipinski definition) is 3. The molecular weight excluding hydrogens is 319 g/mol. The normalized spacial score (nSPS) is 11.0. The number of imidazole rings is 1. The van der Waals surface area contributed by atoms with Crippen LogP contribution in [-0.2, 0) is 0 Å². The van der Waals surface area contributed by atoms with Gasteiger partial charge in [-0.1, -0.05) is 12.1 Å². The number of aromatic amines is 1. The average Bonchev–Trinajstić information content (AvgIpc) is 3.23. The molecule has 0 saturated heterocycles. The zero-order valence-electron chi connectivity index (χ0n) is 13.5. The van der Waals surface area contributed by atoms with Crippen molar-refractivity contribution in [2.24, 2.45) is 0 Å². The van der Waals surface area contributed by atoms with E-state index in [2.05, 4.69) is 9.97 Å². The number of phenols is 1. The maximum Gasteiger partial charge on any atom is 0.174 e. The molecule has 0 aliphatic rings. The second-order valence-electron chi connectivity index (χ2n) is 5.75. The molecule has 0 fully saturated rings. The molecule has 2 aromatic carbocycles. The van der Waals surface area contributed by atoms with Crippen LogP contribution in [0.2, 0.25) is 0 Å². The fourth-order valence-corrected chi connectivity index (χ4v) is 2.75. The summed E-state index contributed by atoms with van der Waals surface area (Å²) in [5, 5.41) is 9.42. The van der Waals surface area contributed by atoms with Gasteiger partial charge >= 0.3 is 0 Å². The number of rotatable bonds is 3. The summed E-state index contributed by atoms with van der Waals surface area (Å²) < 4.78 is 19.7. The summed E-state index contributed by atoms with van der Waals surface area (Å²) in [5.74, 6) is 1.43. The zero-order valence-corrected chi connectivity index (χ0v) is 13.5. The largest absolute Gasteiger partial charge is 0.508 e. The predicted octanol–water partition coefficient (Wildman–Crippen LogP) is 5.16. The summed E-state index contributed by atoms with van der Waals surface area (Å²) in [6.45, 7) is 1.92. The summed E-state index contributed by atoms with van der Waals surface area (Å²) in [6, 6.07) is 16.8. The van der Waals surface area contributed by atoms with Crippen molar-refractivity contribution < 1.29 is 13.9 Å². The number of halogens is 1. The molecule has 0 atom stereocenters. The van der Waals surface area contributed by atoms with E-state index in [4.69, 9.17) is 4.42 Å². The van der Waals surface area contributed by atoms with Crippen LogP contribution in [0.25, 0.3) is 34.2 Å². The van der Waals surface area contributed by atoms with E-state index in [0.717, 1.165) is 17.0 Å². The van der Waals surface area contributed by atoms with Gasteiger partial charge in [-0.3, -0.25) is 0 Å². The molecule has 2 heterocycles. The summed E-state index contributed by atoms with van der Waals surface area (Å²) in [7, 11) is 0. The van der Waals surface area contributed by atoms with Crippen molar-refractivity contribution in [1.29, 1.82) is 0 Å². The Hall–Kier alpha value is -3.34. The Balaban J connectivity index is 1.71. The SMILES string of the molecule is Cc1[nH]c(-c2ccc(-c3ccccc3F)o2)nc1-c1ccc(O)cc1. The van der Waals surface area contributed by atoms with Gasteiger partial charge < -0.3 is 14.5 Å². The van der Waals surface area contributed by atoms with Crippen molar-refractivity contribution in [2.45, 2.75) is 6.92 Å². The second kappa shape index (κ2) is 5.94. The van der Waals surface area contributed by atoms with Gasteiger partial charge in [0.2, 0.25) is 0 Å². The average molecular weight is 334 g/mol. The Morgan fingerprint density at radius 3 is 2.44 bits per heavy atom. The quantitative estimate of drug-likeness (QED) is 0.544. The first-order valence-electron chi connectivity index (χ1n) is 7.83. The maximum atomic E-state index is 13.9.